The first kappa shape index (κ1) is 13.9. The van der Waals surface area contributed by atoms with Gasteiger partial charge in [0.25, 0.3) is 0 Å². The quantitative estimate of drug-likeness (QED) is 0.747. The lowest BCUT2D eigenvalue weighted by Gasteiger charge is -2.37. The first-order chi connectivity index (χ1) is 8.70. The molecule has 0 N–H and O–H groups in total. The summed E-state index contributed by atoms with van der Waals surface area (Å²) >= 11 is 5.99. The zero-order chi connectivity index (χ0) is 13.0. The highest BCUT2D eigenvalue weighted by Crippen LogP contribution is 2.30. The van der Waals surface area contributed by atoms with Gasteiger partial charge in [0.1, 0.15) is 0 Å². The molecular weight excluding hydrogens is 242 g/mol. The molecule has 0 bridgehead atoms. The normalized spacial score (nSPS) is 22.9. The van der Waals surface area contributed by atoms with Gasteiger partial charge in [-0.3, -0.25) is 4.90 Å². The van der Waals surface area contributed by atoms with Crippen LogP contribution >= 0.6 is 11.6 Å². The Morgan fingerprint density at radius 1 is 1.33 bits per heavy atom. The first-order valence-corrected chi connectivity index (χ1v) is 7.58. The number of nitrogens with zero attached hydrogens (tertiary/aromatic N) is 1. The third kappa shape index (κ3) is 3.49. The summed E-state index contributed by atoms with van der Waals surface area (Å²) in [7, 11) is 0. The zero-order valence-electron chi connectivity index (χ0n) is 11.5. The lowest BCUT2D eigenvalue weighted by molar-refractivity contribution is 0.123. The maximum Gasteiger partial charge on any atom is 0.0406 e. The third-order valence-corrected chi connectivity index (χ3v) is 4.20. The predicted octanol–water partition coefficient (Wildman–Crippen LogP) is 4.91. The van der Waals surface area contributed by atoms with Crippen molar-refractivity contribution < 1.29 is 0 Å². The molecule has 2 rings (SSSR count). The molecule has 0 amide bonds. The SMILES string of the molecule is CCC[C@H](c1ccc(Cl)cc1)N1CCC[C@H](C)C1. The van der Waals surface area contributed by atoms with E-state index < -0.39 is 0 Å². The number of likely N-dealkylation sites (tertiary alicyclic amines) is 1. The van der Waals surface area contributed by atoms with Gasteiger partial charge in [-0.15, -0.1) is 0 Å². The highest BCUT2D eigenvalue weighted by molar-refractivity contribution is 6.30. The van der Waals surface area contributed by atoms with Crippen LogP contribution < -0.4 is 0 Å². The number of hydrogen-bond donors (Lipinski definition) is 0. The van der Waals surface area contributed by atoms with Crippen molar-refractivity contribution in [2.75, 3.05) is 13.1 Å². The summed E-state index contributed by atoms with van der Waals surface area (Å²) in [5.74, 6) is 0.838. The van der Waals surface area contributed by atoms with Crippen molar-refractivity contribution in [2.45, 2.75) is 45.6 Å². The van der Waals surface area contributed by atoms with Crippen LogP contribution in [0.25, 0.3) is 0 Å². The molecule has 1 heterocycles. The molecule has 1 saturated heterocycles. The van der Waals surface area contributed by atoms with Gasteiger partial charge in [-0.25, -0.2) is 0 Å². The van der Waals surface area contributed by atoms with Crippen LogP contribution in [-0.2, 0) is 0 Å². The van der Waals surface area contributed by atoms with Crippen LogP contribution in [0.15, 0.2) is 24.3 Å². The molecule has 0 unspecified atom stereocenters. The second kappa shape index (κ2) is 6.58. The molecular formula is C16H24ClN. The molecule has 0 spiro atoms. The van der Waals surface area contributed by atoms with Crippen LogP contribution in [0.5, 0.6) is 0 Å². The number of hydrogen-bond acceptors (Lipinski definition) is 1. The second-order valence-electron chi connectivity index (χ2n) is 5.60. The Balaban J connectivity index is 2.13. The molecule has 0 radical (unpaired) electrons. The summed E-state index contributed by atoms with van der Waals surface area (Å²) in [4.78, 5) is 2.67. The fourth-order valence-electron chi connectivity index (χ4n) is 3.03. The molecule has 1 aliphatic rings. The van der Waals surface area contributed by atoms with E-state index in [1.807, 2.05) is 12.1 Å². The molecule has 1 aromatic carbocycles. The largest absolute Gasteiger partial charge is 0.296 e. The highest BCUT2D eigenvalue weighted by Gasteiger charge is 2.24. The van der Waals surface area contributed by atoms with Gasteiger partial charge in [-0.2, -0.15) is 0 Å². The Morgan fingerprint density at radius 2 is 2.06 bits per heavy atom. The van der Waals surface area contributed by atoms with Crippen LogP contribution in [0.2, 0.25) is 5.02 Å². The summed E-state index contributed by atoms with van der Waals surface area (Å²) in [5, 5.41) is 0.834. The monoisotopic (exact) mass is 265 g/mol. The van der Waals surface area contributed by atoms with E-state index in [9.17, 15) is 0 Å². The summed E-state index contributed by atoms with van der Waals surface area (Å²) in [5.41, 5.74) is 1.43. The Kier molecular flexibility index (Phi) is 5.08. The minimum atomic E-state index is 0.579. The summed E-state index contributed by atoms with van der Waals surface area (Å²) < 4.78 is 0. The van der Waals surface area contributed by atoms with Gasteiger partial charge < -0.3 is 0 Å². The van der Waals surface area contributed by atoms with Crippen molar-refractivity contribution in [3.05, 3.63) is 34.9 Å². The number of rotatable bonds is 4. The van der Waals surface area contributed by atoms with Crippen molar-refractivity contribution in [2.24, 2.45) is 5.92 Å². The Bertz CT molecular complexity index is 360. The molecule has 18 heavy (non-hydrogen) atoms. The minimum Gasteiger partial charge on any atom is -0.296 e. The molecule has 0 aromatic heterocycles. The molecule has 2 heteroatoms. The summed E-state index contributed by atoms with van der Waals surface area (Å²) in [6.45, 7) is 7.14. The van der Waals surface area contributed by atoms with Crippen LogP contribution in [0.1, 0.15) is 51.1 Å². The lowest BCUT2D eigenvalue weighted by Crippen LogP contribution is -2.37. The van der Waals surface area contributed by atoms with E-state index >= 15 is 0 Å². The molecule has 0 saturated carbocycles. The number of benzene rings is 1. The van der Waals surface area contributed by atoms with E-state index in [4.69, 9.17) is 11.6 Å². The van der Waals surface area contributed by atoms with E-state index in [1.54, 1.807) is 0 Å². The number of halogens is 1. The molecule has 2 atom stereocenters. The van der Waals surface area contributed by atoms with Gasteiger partial charge in [0.05, 0.1) is 0 Å². The van der Waals surface area contributed by atoms with E-state index in [-0.39, 0.29) is 0 Å². The van der Waals surface area contributed by atoms with Crippen molar-refractivity contribution in [3.8, 4) is 0 Å². The molecule has 1 nitrogen and oxygen atoms in total. The first-order valence-electron chi connectivity index (χ1n) is 7.20. The van der Waals surface area contributed by atoms with E-state index in [0.717, 1.165) is 10.9 Å². The number of piperidine rings is 1. The van der Waals surface area contributed by atoms with Crippen molar-refractivity contribution in [1.29, 1.82) is 0 Å². The molecule has 1 aromatic rings. The van der Waals surface area contributed by atoms with Crippen LogP contribution in [-0.4, -0.2) is 18.0 Å². The average Bonchev–Trinajstić information content (AvgIpc) is 2.37. The maximum atomic E-state index is 5.99. The Morgan fingerprint density at radius 3 is 2.67 bits per heavy atom. The second-order valence-corrected chi connectivity index (χ2v) is 6.03. The van der Waals surface area contributed by atoms with E-state index in [0.29, 0.717) is 6.04 Å². The van der Waals surface area contributed by atoms with Crippen LogP contribution in [0.3, 0.4) is 0 Å². The van der Waals surface area contributed by atoms with Gasteiger partial charge in [0, 0.05) is 17.6 Å². The zero-order valence-corrected chi connectivity index (χ0v) is 12.3. The van der Waals surface area contributed by atoms with Crippen molar-refractivity contribution in [1.82, 2.24) is 4.90 Å². The third-order valence-electron chi connectivity index (χ3n) is 3.95. The smallest absolute Gasteiger partial charge is 0.0406 e. The van der Waals surface area contributed by atoms with Gasteiger partial charge in [0.2, 0.25) is 0 Å². The summed E-state index contributed by atoms with van der Waals surface area (Å²) in [6.07, 6.45) is 5.21. The Labute approximate surface area is 116 Å². The molecule has 1 fully saturated rings. The van der Waals surface area contributed by atoms with Crippen LogP contribution in [0, 0.1) is 5.92 Å². The van der Waals surface area contributed by atoms with Gasteiger partial charge in [-0.05, 0) is 49.4 Å². The maximum absolute atomic E-state index is 5.99. The average molecular weight is 266 g/mol. The van der Waals surface area contributed by atoms with Crippen molar-refractivity contribution >= 4 is 11.6 Å². The fourth-order valence-corrected chi connectivity index (χ4v) is 3.15. The topological polar surface area (TPSA) is 3.24 Å². The Hall–Kier alpha value is -0.530. The van der Waals surface area contributed by atoms with Gasteiger partial charge in [0.15, 0.2) is 0 Å². The van der Waals surface area contributed by atoms with Crippen molar-refractivity contribution in [3.63, 3.8) is 0 Å². The fraction of sp³-hybridized carbons (Fsp3) is 0.625. The standard InChI is InChI=1S/C16H24ClN/c1-3-5-16(14-7-9-15(17)10-8-14)18-11-4-6-13(2)12-18/h7-10,13,16H,3-6,11-12H2,1-2H3/t13-,16+/m0/s1. The highest BCUT2D eigenvalue weighted by atomic mass is 35.5. The predicted molar refractivity (Wildman–Crippen MR) is 79.1 cm³/mol. The van der Waals surface area contributed by atoms with E-state index in [1.165, 1.54) is 44.3 Å². The summed E-state index contributed by atoms with van der Waals surface area (Å²) in [6, 6.07) is 9.01. The van der Waals surface area contributed by atoms with Gasteiger partial charge in [-0.1, -0.05) is 44.0 Å². The molecule has 0 aliphatic carbocycles. The molecule has 100 valence electrons. The minimum absolute atomic E-state index is 0.579. The molecule has 1 aliphatic heterocycles. The van der Waals surface area contributed by atoms with Crippen LogP contribution in [0.4, 0.5) is 0 Å². The van der Waals surface area contributed by atoms with Gasteiger partial charge >= 0.3 is 0 Å². The lowest BCUT2D eigenvalue weighted by atomic mass is 9.94. The van der Waals surface area contributed by atoms with E-state index in [2.05, 4.69) is 30.9 Å².